The van der Waals surface area contributed by atoms with Crippen molar-refractivity contribution in [2.24, 2.45) is 0 Å². The van der Waals surface area contributed by atoms with Gasteiger partial charge in [-0.1, -0.05) is 6.08 Å². The van der Waals surface area contributed by atoms with Crippen molar-refractivity contribution < 1.29 is 9.53 Å². The van der Waals surface area contributed by atoms with Crippen LogP contribution in [0.2, 0.25) is 0 Å². The number of hydrogen-bond donors (Lipinski definition) is 0. The fraction of sp³-hybridized carbons (Fsp3) is 0.364. The summed E-state index contributed by atoms with van der Waals surface area (Å²) in [6.07, 6.45) is 1.71. The van der Waals surface area contributed by atoms with Gasteiger partial charge in [0.1, 0.15) is 0 Å². The smallest absolute Gasteiger partial charge is 0.256 e. The lowest BCUT2D eigenvalue weighted by atomic mass is 10.3. The molecule has 0 spiro atoms. The molecule has 0 aliphatic heterocycles. The zero-order valence-electron chi connectivity index (χ0n) is 9.41. The van der Waals surface area contributed by atoms with Crippen molar-refractivity contribution in [2.45, 2.75) is 0 Å². The molecule has 0 aromatic carbocycles. The van der Waals surface area contributed by atoms with Gasteiger partial charge < -0.3 is 9.64 Å². The minimum atomic E-state index is -0.0178. The molecule has 1 amide bonds. The lowest BCUT2D eigenvalue weighted by Gasteiger charge is -2.20. The quantitative estimate of drug-likeness (QED) is 0.704. The van der Waals surface area contributed by atoms with Crippen LogP contribution in [0.25, 0.3) is 0 Å². The highest BCUT2D eigenvalue weighted by atomic mass is 79.9. The summed E-state index contributed by atoms with van der Waals surface area (Å²) in [5, 5.41) is 0. The van der Waals surface area contributed by atoms with E-state index in [1.807, 2.05) is 6.07 Å². The number of hydrogen-bond acceptors (Lipinski definition) is 3. The molecule has 3 nitrogen and oxygen atoms in total. The molecule has 0 radical (unpaired) electrons. The van der Waals surface area contributed by atoms with E-state index in [2.05, 4.69) is 38.4 Å². The highest BCUT2D eigenvalue weighted by Crippen LogP contribution is 2.32. The van der Waals surface area contributed by atoms with E-state index in [1.54, 1.807) is 18.1 Å². The number of methoxy groups -OCH3 is 1. The second-order valence-corrected chi connectivity index (χ2v) is 7.02. The molecule has 1 rings (SSSR count). The zero-order chi connectivity index (χ0) is 12.8. The summed E-state index contributed by atoms with van der Waals surface area (Å²) < 4.78 is 6.76. The van der Waals surface area contributed by atoms with Gasteiger partial charge in [-0.15, -0.1) is 17.9 Å². The van der Waals surface area contributed by atoms with Gasteiger partial charge in [-0.2, -0.15) is 0 Å². The van der Waals surface area contributed by atoms with Crippen LogP contribution in [-0.2, 0) is 4.74 Å². The Labute approximate surface area is 122 Å². The summed E-state index contributed by atoms with van der Waals surface area (Å²) in [4.78, 5) is 14.0. The monoisotopic (exact) mass is 381 g/mol. The van der Waals surface area contributed by atoms with Gasteiger partial charge in [-0.3, -0.25) is 4.79 Å². The molecule has 6 heteroatoms. The van der Waals surface area contributed by atoms with Crippen LogP contribution >= 0.6 is 43.2 Å². The second kappa shape index (κ2) is 7.31. The first kappa shape index (κ1) is 14.9. The van der Waals surface area contributed by atoms with Crippen LogP contribution in [-0.4, -0.2) is 37.6 Å². The third-order valence-corrected chi connectivity index (χ3v) is 4.43. The van der Waals surface area contributed by atoms with Crippen molar-refractivity contribution in [2.75, 3.05) is 26.8 Å². The van der Waals surface area contributed by atoms with Crippen LogP contribution in [0.5, 0.6) is 0 Å². The molecular formula is C11H13Br2NO2S. The van der Waals surface area contributed by atoms with Crippen molar-refractivity contribution in [3.63, 3.8) is 0 Å². The first-order chi connectivity index (χ1) is 8.10. The summed E-state index contributed by atoms with van der Waals surface area (Å²) in [6.45, 7) is 5.25. The Morgan fingerprint density at radius 1 is 1.65 bits per heavy atom. The fourth-order valence-electron chi connectivity index (χ4n) is 1.29. The van der Waals surface area contributed by atoms with Gasteiger partial charge in [0.2, 0.25) is 0 Å². The maximum atomic E-state index is 12.3. The maximum Gasteiger partial charge on any atom is 0.256 e. The molecule has 0 unspecified atom stereocenters. The predicted molar refractivity (Wildman–Crippen MR) is 77.7 cm³/mol. The molecule has 0 aliphatic carbocycles. The average Bonchev–Trinajstić information content (AvgIpc) is 2.63. The molecule has 0 N–H and O–H groups in total. The predicted octanol–water partition coefficient (Wildman–Crippen LogP) is 3.55. The lowest BCUT2D eigenvalue weighted by molar-refractivity contribution is 0.0718. The van der Waals surface area contributed by atoms with Crippen molar-refractivity contribution in [1.82, 2.24) is 4.90 Å². The Balaban J connectivity index is 2.83. The van der Waals surface area contributed by atoms with E-state index in [-0.39, 0.29) is 5.91 Å². The molecule has 0 aliphatic rings. The summed E-state index contributed by atoms with van der Waals surface area (Å²) >= 11 is 8.24. The first-order valence-corrected chi connectivity index (χ1v) is 7.34. The molecular weight excluding hydrogens is 370 g/mol. The van der Waals surface area contributed by atoms with Gasteiger partial charge in [0, 0.05) is 20.2 Å². The second-order valence-electron chi connectivity index (χ2n) is 3.27. The maximum absolute atomic E-state index is 12.3. The number of nitrogens with zero attached hydrogens (tertiary/aromatic N) is 1. The zero-order valence-corrected chi connectivity index (χ0v) is 13.4. The standard InChI is InChI=1S/C11H13Br2NO2S/c1-3-4-14(5-6-16-2)11(15)8-7-9(12)17-10(8)13/h3,7H,1,4-6H2,2H3. The molecule has 1 heterocycles. The molecule has 0 fully saturated rings. The minimum Gasteiger partial charge on any atom is -0.383 e. The Morgan fingerprint density at radius 3 is 2.82 bits per heavy atom. The van der Waals surface area contributed by atoms with Crippen molar-refractivity contribution in [3.8, 4) is 0 Å². The van der Waals surface area contributed by atoms with E-state index in [4.69, 9.17) is 4.74 Å². The largest absolute Gasteiger partial charge is 0.383 e. The van der Waals surface area contributed by atoms with Crippen LogP contribution in [0, 0.1) is 0 Å². The van der Waals surface area contributed by atoms with E-state index in [9.17, 15) is 4.79 Å². The molecule has 0 atom stereocenters. The van der Waals surface area contributed by atoms with Crippen molar-refractivity contribution in [3.05, 3.63) is 31.9 Å². The van der Waals surface area contributed by atoms with Gasteiger partial charge in [-0.05, 0) is 37.9 Å². The number of halogens is 2. The minimum absolute atomic E-state index is 0.0178. The van der Waals surface area contributed by atoms with E-state index >= 15 is 0 Å². The summed E-state index contributed by atoms with van der Waals surface area (Å²) in [6, 6.07) is 1.82. The average molecular weight is 383 g/mol. The van der Waals surface area contributed by atoms with Gasteiger partial charge in [-0.25, -0.2) is 0 Å². The molecule has 17 heavy (non-hydrogen) atoms. The van der Waals surface area contributed by atoms with E-state index in [0.717, 1.165) is 7.57 Å². The highest BCUT2D eigenvalue weighted by Gasteiger charge is 2.19. The Morgan fingerprint density at radius 2 is 2.35 bits per heavy atom. The van der Waals surface area contributed by atoms with Gasteiger partial charge >= 0.3 is 0 Å². The molecule has 94 valence electrons. The fourth-order valence-corrected chi connectivity index (χ4v) is 4.07. The van der Waals surface area contributed by atoms with Crippen molar-refractivity contribution >= 4 is 49.1 Å². The number of amides is 1. The van der Waals surface area contributed by atoms with Crippen LogP contribution in [0.1, 0.15) is 10.4 Å². The van der Waals surface area contributed by atoms with E-state index in [0.29, 0.717) is 25.3 Å². The summed E-state index contributed by atoms with van der Waals surface area (Å²) in [5.74, 6) is -0.0178. The van der Waals surface area contributed by atoms with Crippen LogP contribution in [0.4, 0.5) is 0 Å². The molecule has 1 aromatic rings. The van der Waals surface area contributed by atoms with Gasteiger partial charge in [0.25, 0.3) is 5.91 Å². The molecule has 0 saturated heterocycles. The third-order valence-electron chi connectivity index (χ3n) is 2.09. The summed E-state index contributed by atoms with van der Waals surface area (Å²) in [7, 11) is 1.62. The highest BCUT2D eigenvalue weighted by molar-refractivity contribution is 9.12. The number of carbonyl (C=O) groups excluding carboxylic acids is 1. The van der Waals surface area contributed by atoms with Crippen LogP contribution < -0.4 is 0 Å². The summed E-state index contributed by atoms with van der Waals surface area (Å²) in [5.41, 5.74) is 0.667. The van der Waals surface area contributed by atoms with Crippen LogP contribution in [0.3, 0.4) is 0 Å². The normalized spacial score (nSPS) is 10.3. The SMILES string of the molecule is C=CCN(CCOC)C(=O)c1cc(Br)sc1Br. The number of rotatable bonds is 6. The van der Waals surface area contributed by atoms with E-state index < -0.39 is 0 Å². The van der Waals surface area contributed by atoms with Crippen molar-refractivity contribution in [1.29, 1.82) is 0 Å². The van der Waals surface area contributed by atoms with Gasteiger partial charge in [0.05, 0.1) is 19.7 Å². The van der Waals surface area contributed by atoms with Gasteiger partial charge in [0.15, 0.2) is 0 Å². The topological polar surface area (TPSA) is 29.5 Å². The first-order valence-electron chi connectivity index (χ1n) is 4.94. The molecule has 0 saturated carbocycles. The number of ether oxygens (including phenoxy) is 1. The molecule has 1 aromatic heterocycles. The lowest BCUT2D eigenvalue weighted by Crippen LogP contribution is -2.34. The molecule has 0 bridgehead atoms. The number of thiophene rings is 1. The van der Waals surface area contributed by atoms with Crippen LogP contribution in [0.15, 0.2) is 26.3 Å². The third kappa shape index (κ3) is 4.21. The Bertz CT molecular complexity index is 406. The van der Waals surface area contributed by atoms with E-state index in [1.165, 1.54) is 11.3 Å². The number of carbonyl (C=O) groups is 1. The Hall–Kier alpha value is -0.170. The Kier molecular flexibility index (Phi) is 6.40.